The molecule has 0 radical (unpaired) electrons. The lowest BCUT2D eigenvalue weighted by Gasteiger charge is -2.28. The predicted molar refractivity (Wildman–Crippen MR) is 67.2 cm³/mol. The van der Waals surface area contributed by atoms with Crippen molar-refractivity contribution in [2.24, 2.45) is 5.41 Å². The first-order chi connectivity index (χ1) is 8.00. The van der Waals surface area contributed by atoms with Crippen LogP contribution < -0.4 is 0 Å². The molecule has 1 aromatic carbocycles. The van der Waals surface area contributed by atoms with Crippen LogP contribution in [0.5, 0.6) is 0 Å². The van der Waals surface area contributed by atoms with Crippen LogP contribution in [-0.4, -0.2) is 5.78 Å². The molecular formula is C15H15NO. The van der Waals surface area contributed by atoms with E-state index in [-0.39, 0.29) is 11.2 Å². The van der Waals surface area contributed by atoms with E-state index in [1.54, 1.807) is 18.2 Å². The van der Waals surface area contributed by atoms with Crippen LogP contribution in [0, 0.1) is 16.7 Å². The topological polar surface area (TPSA) is 40.9 Å². The maximum absolute atomic E-state index is 11.7. The van der Waals surface area contributed by atoms with Gasteiger partial charge in [0.25, 0.3) is 0 Å². The molecule has 0 atom stereocenters. The number of hydrogen-bond acceptors (Lipinski definition) is 2. The van der Waals surface area contributed by atoms with Gasteiger partial charge in [0, 0.05) is 6.42 Å². The van der Waals surface area contributed by atoms with E-state index in [9.17, 15) is 4.79 Å². The van der Waals surface area contributed by atoms with E-state index in [4.69, 9.17) is 5.26 Å². The van der Waals surface area contributed by atoms with E-state index in [0.29, 0.717) is 12.0 Å². The molecule has 0 aromatic heterocycles. The van der Waals surface area contributed by atoms with Crippen molar-refractivity contribution >= 4 is 11.4 Å². The predicted octanol–water partition coefficient (Wildman–Crippen LogP) is 3.33. The first-order valence-electron chi connectivity index (χ1n) is 5.74. The van der Waals surface area contributed by atoms with Gasteiger partial charge in [0.05, 0.1) is 11.6 Å². The molecule has 2 heteroatoms. The summed E-state index contributed by atoms with van der Waals surface area (Å²) >= 11 is 0. The number of ketones is 1. The normalized spacial score (nSPS) is 18.4. The number of allylic oxidation sites excluding steroid dienone is 2. The molecule has 0 N–H and O–H groups in total. The molecule has 0 spiro atoms. The first kappa shape index (κ1) is 11.6. The van der Waals surface area contributed by atoms with E-state index >= 15 is 0 Å². The summed E-state index contributed by atoms with van der Waals surface area (Å²) < 4.78 is 0. The molecule has 2 nitrogen and oxygen atoms in total. The van der Waals surface area contributed by atoms with Crippen LogP contribution in [0.25, 0.3) is 5.57 Å². The highest BCUT2D eigenvalue weighted by Crippen LogP contribution is 2.37. The molecule has 0 unspecified atom stereocenters. The molecule has 1 aliphatic rings. The van der Waals surface area contributed by atoms with E-state index in [1.165, 1.54) is 0 Å². The van der Waals surface area contributed by atoms with Crippen molar-refractivity contribution in [2.45, 2.75) is 26.7 Å². The fourth-order valence-corrected chi connectivity index (χ4v) is 2.29. The molecule has 2 rings (SSSR count). The summed E-state index contributed by atoms with van der Waals surface area (Å²) in [4.78, 5) is 11.7. The zero-order valence-corrected chi connectivity index (χ0v) is 10.2. The van der Waals surface area contributed by atoms with E-state index in [0.717, 1.165) is 17.6 Å². The molecule has 86 valence electrons. The summed E-state index contributed by atoms with van der Waals surface area (Å²) in [6.07, 6.45) is 3.27. The van der Waals surface area contributed by atoms with Crippen LogP contribution >= 0.6 is 0 Å². The Morgan fingerprint density at radius 1 is 1.18 bits per heavy atom. The molecule has 0 saturated heterocycles. The van der Waals surface area contributed by atoms with Crippen molar-refractivity contribution in [3.05, 3.63) is 41.5 Å². The molecule has 1 aromatic rings. The second kappa shape index (κ2) is 4.18. The summed E-state index contributed by atoms with van der Waals surface area (Å²) in [7, 11) is 0. The lowest BCUT2D eigenvalue weighted by molar-refractivity contribution is -0.116. The van der Waals surface area contributed by atoms with Gasteiger partial charge in [0.1, 0.15) is 0 Å². The second-order valence-electron chi connectivity index (χ2n) is 5.34. The van der Waals surface area contributed by atoms with Crippen molar-refractivity contribution in [1.29, 1.82) is 5.26 Å². The Hall–Kier alpha value is -1.88. The van der Waals surface area contributed by atoms with Gasteiger partial charge in [-0.25, -0.2) is 0 Å². The number of carbonyl (C=O) groups is 1. The van der Waals surface area contributed by atoms with Crippen LogP contribution in [0.1, 0.15) is 37.8 Å². The van der Waals surface area contributed by atoms with E-state index < -0.39 is 0 Å². The average molecular weight is 225 g/mol. The Labute approximate surface area is 102 Å². The molecule has 1 aliphatic carbocycles. The van der Waals surface area contributed by atoms with Gasteiger partial charge in [-0.05, 0) is 41.2 Å². The second-order valence-corrected chi connectivity index (χ2v) is 5.34. The Bertz CT molecular complexity index is 515. The molecule has 0 aliphatic heterocycles. The fourth-order valence-electron chi connectivity index (χ4n) is 2.29. The van der Waals surface area contributed by atoms with Crippen molar-refractivity contribution < 1.29 is 4.79 Å². The summed E-state index contributed by atoms with van der Waals surface area (Å²) in [5.74, 6) is 0.195. The van der Waals surface area contributed by atoms with Crippen molar-refractivity contribution in [1.82, 2.24) is 0 Å². The summed E-state index contributed by atoms with van der Waals surface area (Å²) in [6.45, 7) is 4.23. The number of rotatable bonds is 1. The zero-order chi connectivity index (χ0) is 12.5. The van der Waals surface area contributed by atoms with Gasteiger partial charge >= 0.3 is 0 Å². The molecular weight excluding hydrogens is 210 g/mol. The fraction of sp³-hybridized carbons (Fsp3) is 0.333. The van der Waals surface area contributed by atoms with E-state index in [2.05, 4.69) is 19.9 Å². The zero-order valence-electron chi connectivity index (χ0n) is 10.2. The van der Waals surface area contributed by atoms with Crippen LogP contribution in [-0.2, 0) is 4.79 Å². The van der Waals surface area contributed by atoms with Gasteiger partial charge in [-0.1, -0.05) is 26.0 Å². The summed E-state index contributed by atoms with van der Waals surface area (Å²) in [6, 6.07) is 9.52. The van der Waals surface area contributed by atoms with Gasteiger partial charge in [-0.2, -0.15) is 5.26 Å². The van der Waals surface area contributed by atoms with Gasteiger partial charge in [-0.15, -0.1) is 0 Å². The third-order valence-electron chi connectivity index (χ3n) is 3.04. The van der Waals surface area contributed by atoms with Gasteiger partial charge in [-0.3, -0.25) is 4.79 Å². The first-order valence-corrected chi connectivity index (χ1v) is 5.74. The Kier molecular flexibility index (Phi) is 2.85. The Morgan fingerprint density at radius 3 is 2.35 bits per heavy atom. The van der Waals surface area contributed by atoms with Crippen LogP contribution in [0.2, 0.25) is 0 Å². The van der Waals surface area contributed by atoms with Crippen molar-refractivity contribution in [3.8, 4) is 6.07 Å². The van der Waals surface area contributed by atoms with Gasteiger partial charge < -0.3 is 0 Å². The van der Waals surface area contributed by atoms with E-state index in [1.807, 2.05) is 12.1 Å². The van der Waals surface area contributed by atoms with Gasteiger partial charge in [0.2, 0.25) is 0 Å². The SMILES string of the molecule is CC1(C)CC(=O)C=C(c2ccc(C#N)cc2)C1. The lowest BCUT2D eigenvalue weighted by atomic mass is 9.75. The number of hydrogen-bond donors (Lipinski definition) is 0. The molecule has 0 heterocycles. The van der Waals surface area contributed by atoms with Crippen LogP contribution in [0.4, 0.5) is 0 Å². The maximum Gasteiger partial charge on any atom is 0.156 e. The molecule has 0 saturated carbocycles. The van der Waals surface area contributed by atoms with Crippen molar-refractivity contribution in [3.63, 3.8) is 0 Å². The number of nitrogens with zero attached hydrogens (tertiary/aromatic N) is 1. The van der Waals surface area contributed by atoms with Crippen molar-refractivity contribution in [2.75, 3.05) is 0 Å². The standard InChI is InChI=1S/C15H15NO/c1-15(2)8-13(7-14(17)9-15)12-5-3-11(10-16)4-6-12/h3-7H,8-9H2,1-2H3. The third kappa shape index (κ3) is 2.62. The highest BCUT2D eigenvalue weighted by Gasteiger charge is 2.27. The summed E-state index contributed by atoms with van der Waals surface area (Å²) in [5.41, 5.74) is 2.81. The third-order valence-corrected chi connectivity index (χ3v) is 3.04. The quantitative estimate of drug-likeness (QED) is 0.735. The largest absolute Gasteiger partial charge is 0.295 e. The molecule has 0 amide bonds. The average Bonchev–Trinajstić information content (AvgIpc) is 2.26. The molecule has 0 fully saturated rings. The smallest absolute Gasteiger partial charge is 0.156 e. The minimum Gasteiger partial charge on any atom is -0.295 e. The Morgan fingerprint density at radius 2 is 1.82 bits per heavy atom. The Balaban J connectivity index is 2.33. The van der Waals surface area contributed by atoms with Crippen LogP contribution in [0.15, 0.2) is 30.3 Å². The highest BCUT2D eigenvalue weighted by atomic mass is 16.1. The van der Waals surface area contributed by atoms with Crippen LogP contribution in [0.3, 0.4) is 0 Å². The minimum atomic E-state index is 0.0368. The molecule has 17 heavy (non-hydrogen) atoms. The maximum atomic E-state index is 11.7. The highest BCUT2D eigenvalue weighted by molar-refractivity contribution is 5.99. The van der Waals surface area contributed by atoms with Gasteiger partial charge in [0.15, 0.2) is 5.78 Å². The minimum absolute atomic E-state index is 0.0368. The lowest BCUT2D eigenvalue weighted by Crippen LogP contribution is -2.21. The summed E-state index contributed by atoms with van der Waals surface area (Å²) in [5, 5.41) is 8.75. The number of carbonyl (C=O) groups excluding carboxylic acids is 1. The molecule has 0 bridgehead atoms. The monoisotopic (exact) mass is 225 g/mol. The number of benzene rings is 1. The number of nitriles is 1.